The zero-order valence-electron chi connectivity index (χ0n) is 12.3. The lowest BCUT2D eigenvalue weighted by atomic mass is 9.90. The standard InChI is InChI=1S/C15H31N3/c1-3-9-17-12-7-15(8-13-17)14(2)16-18-10-5-4-6-11-18/h14-16H,3-13H2,1-2H3. The van der Waals surface area contributed by atoms with E-state index in [1.807, 2.05) is 0 Å². The first-order chi connectivity index (χ1) is 8.79. The zero-order valence-corrected chi connectivity index (χ0v) is 12.3. The van der Waals surface area contributed by atoms with Crippen LogP contribution in [0.25, 0.3) is 0 Å². The summed E-state index contributed by atoms with van der Waals surface area (Å²) in [6.45, 7) is 11.1. The molecule has 106 valence electrons. The largest absolute Gasteiger partial charge is 0.303 e. The van der Waals surface area contributed by atoms with Crippen LogP contribution in [0.4, 0.5) is 0 Å². The molecule has 0 amide bonds. The van der Waals surface area contributed by atoms with E-state index in [2.05, 4.69) is 29.2 Å². The Hall–Kier alpha value is -0.120. The molecule has 2 saturated heterocycles. The number of rotatable bonds is 5. The van der Waals surface area contributed by atoms with Crippen molar-refractivity contribution in [3.05, 3.63) is 0 Å². The Bertz CT molecular complexity index is 218. The van der Waals surface area contributed by atoms with Gasteiger partial charge in [-0.05, 0) is 64.6 Å². The average Bonchev–Trinajstić information content (AvgIpc) is 2.41. The van der Waals surface area contributed by atoms with Crippen molar-refractivity contribution in [1.82, 2.24) is 15.3 Å². The smallest absolute Gasteiger partial charge is 0.0216 e. The third-order valence-electron chi connectivity index (χ3n) is 4.62. The first kappa shape index (κ1) is 14.3. The van der Waals surface area contributed by atoms with E-state index >= 15 is 0 Å². The normalized spacial score (nSPS) is 26.3. The van der Waals surface area contributed by atoms with Gasteiger partial charge in [0.15, 0.2) is 0 Å². The number of hydrazine groups is 1. The average molecular weight is 253 g/mol. The molecule has 1 N–H and O–H groups in total. The van der Waals surface area contributed by atoms with E-state index in [0.29, 0.717) is 6.04 Å². The second-order valence-electron chi connectivity index (χ2n) is 6.14. The molecule has 2 aliphatic heterocycles. The maximum absolute atomic E-state index is 3.75. The first-order valence-corrected chi connectivity index (χ1v) is 8.03. The van der Waals surface area contributed by atoms with Crippen LogP contribution in [-0.2, 0) is 0 Å². The lowest BCUT2D eigenvalue weighted by Gasteiger charge is -2.38. The molecule has 2 heterocycles. The van der Waals surface area contributed by atoms with Gasteiger partial charge in [0.2, 0.25) is 0 Å². The molecule has 0 aromatic heterocycles. The molecule has 2 fully saturated rings. The van der Waals surface area contributed by atoms with Gasteiger partial charge in [-0.1, -0.05) is 13.3 Å². The number of nitrogens with one attached hydrogen (secondary N) is 1. The zero-order chi connectivity index (χ0) is 12.8. The fraction of sp³-hybridized carbons (Fsp3) is 1.00. The van der Waals surface area contributed by atoms with E-state index in [1.165, 1.54) is 71.2 Å². The molecule has 18 heavy (non-hydrogen) atoms. The van der Waals surface area contributed by atoms with Gasteiger partial charge >= 0.3 is 0 Å². The van der Waals surface area contributed by atoms with Crippen LogP contribution in [0.5, 0.6) is 0 Å². The summed E-state index contributed by atoms with van der Waals surface area (Å²) in [6, 6.07) is 0.659. The Kier molecular flexibility index (Phi) is 5.93. The Labute approximate surface area is 113 Å². The molecule has 2 aliphatic rings. The second-order valence-corrected chi connectivity index (χ2v) is 6.14. The SMILES string of the molecule is CCCN1CCC(C(C)NN2CCCCC2)CC1. The van der Waals surface area contributed by atoms with Crippen LogP contribution in [-0.4, -0.2) is 48.7 Å². The summed E-state index contributed by atoms with van der Waals surface area (Å²) in [4.78, 5) is 2.63. The summed E-state index contributed by atoms with van der Waals surface area (Å²) < 4.78 is 0. The Balaban J connectivity index is 1.68. The molecule has 0 aromatic rings. The van der Waals surface area contributed by atoms with Gasteiger partial charge in [0.1, 0.15) is 0 Å². The Morgan fingerprint density at radius 2 is 1.72 bits per heavy atom. The summed E-state index contributed by atoms with van der Waals surface area (Å²) >= 11 is 0. The molecule has 0 radical (unpaired) electrons. The summed E-state index contributed by atoms with van der Waals surface area (Å²) in [7, 11) is 0. The lowest BCUT2D eigenvalue weighted by molar-refractivity contribution is 0.0872. The fourth-order valence-corrected chi connectivity index (χ4v) is 3.41. The highest BCUT2D eigenvalue weighted by atomic mass is 15.5. The number of piperidine rings is 2. The van der Waals surface area contributed by atoms with E-state index in [0.717, 1.165) is 5.92 Å². The minimum absolute atomic E-state index is 0.659. The molecule has 0 saturated carbocycles. The van der Waals surface area contributed by atoms with Gasteiger partial charge in [0.05, 0.1) is 0 Å². The molecule has 0 aromatic carbocycles. The maximum Gasteiger partial charge on any atom is 0.0216 e. The number of likely N-dealkylation sites (tertiary alicyclic amines) is 1. The van der Waals surface area contributed by atoms with Crippen molar-refractivity contribution in [1.29, 1.82) is 0 Å². The van der Waals surface area contributed by atoms with E-state index in [-0.39, 0.29) is 0 Å². The summed E-state index contributed by atoms with van der Waals surface area (Å²) in [5.74, 6) is 0.875. The van der Waals surface area contributed by atoms with Crippen LogP contribution in [0.15, 0.2) is 0 Å². The van der Waals surface area contributed by atoms with Crippen LogP contribution >= 0.6 is 0 Å². The molecule has 1 atom stereocenters. The quantitative estimate of drug-likeness (QED) is 0.812. The third-order valence-corrected chi connectivity index (χ3v) is 4.62. The van der Waals surface area contributed by atoms with Gasteiger partial charge in [-0.25, -0.2) is 5.01 Å². The van der Waals surface area contributed by atoms with E-state index in [9.17, 15) is 0 Å². The van der Waals surface area contributed by atoms with Crippen LogP contribution in [0.3, 0.4) is 0 Å². The van der Waals surface area contributed by atoms with Crippen molar-refractivity contribution >= 4 is 0 Å². The lowest BCUT2D eigenvalue weighted by Crippen LogP contribution is -2.50. The topological polar surface area (TPSA) is 18.5 Å². The van der Waals surface area contributed by atoms with Crippen molar-refractivity contribution in [2.75, 3.05) is 32.7 Å². The number of hydrogen-bond acceptors (Lipinski definition) is 3. The van der Waals surface area contributed by atoms with Gasteiger partial charge in [0, 0.05) is 19.1 Å². The van der Waals surface area contributed by atoms with Crippen molar-refractivity contribution < 1.29 is 0 Å². The van der Waals surface area contributed by atoms with E-state index in [4.69, 9.17) is 0 Å². The molecule has 2 rings (SSSR count). The monoisotopic (exact) mass is 253 g/mol. The van der Waals surface area contributed by atoms with Crippen LogP contribution < -0.4 is 5.43 Å². The summed E-state index contributed by atoms with van der Waals surface area (Å²) in [5.41, 5.74) is 3.75. The highest BCUT2D eigenvalue weighted by Crippen LogP contribution is 2.21. The van der Waals surface area contributed by atoms with E-state index in [1.54, 1.807) is 0 Å². The van der Waals surface area contributed by atoms with Crippen molar-refractivity contribution in [2.24, 2.45) is 5.92 Å². The Morgan fingerprint density at radius 3 is 2.33 bits per heavy atom. The molecular formula is C15H31N3. The minimum atomic E-state index is 0.659. The van der Waals surface area contributed by atoms with Crippen LogP contribution in [0, 0.1) is 5.92 Å². The molecule has 3 heteroatoms. The predicted molar refractivity (Wildman–Crippen MR) is 77.5 cm³/mol. The molecular weight excluding hydrogens is 222 g/mol. The van der Waals surface area contributed by atoms with Crippen LogP contribution in [0.1, 0.15) is 52.4 Å². The fourth-order valence-electron chi connectivity index (χ4n) is 3.41. The summed E-state index contributed by atoms with van der Waals surface area (Å²) in [5, 5.41) is 2.46. The molecule has 1 unspecified atom stereocenters. The first-order valence-electron chi connectivity index (χ1n) is 8.03. The van der Waals surface area contributed by atoms with Crippen molar-refractivity contribution in [3.8, 4) is 0 Å². The van der Waals surface area contributed by atoms with E-state index < -0.39 is 0 Å². The third kappa shape index (κ3) is 4.22. The highest BCUT2D eigenvalue weighted by molar-refractivity contribution is 4.79. The molecule has 0 bridgehead atoms. The number of hydrogen-bond donors (Lipinski definition) is 1. The predicted octanol–water partition coefficient (Wildman–Crippen LogP) is 2.49. The van der Waals surface area contributed by atoms with Gasteiger partial charge < -0.3 is 4.90 Å². The molecule has 3 nitrogen and oxygen atoms in total. The van der Waals surface area contributed by atoms with Gasteiger partial charge in [-0.2, -0.15) is 0 Å². The summed E-state index contributed by atoms with van der Waals surface area (Å²) in [6.07, 6.45) is 8.21. The Morgan fingerprint density at radius 1 is 1.06 bits per heavy atom. The van der Waals surface area contributed by atoms with Crippen molar-refractivity contribution in [3.63, 3.8) is 0 Å². The van der Waals surface area contributed by atoms with Crippen LogP contribution in [0.2, 0.25) is 0 Å². The van der Waals surface area contributed by atoms with Crippen molar-refractivity contribution in [2.45, 2.75) is 58.4 Å². The minimum Gasteiger partial charge on any atom is -0.303 e. The molecule has 0 aliphatic carbocycles. The number of nitrogens with zero attached hydrogens (tertiary/aromatic N) is 2. The highest BCUT2D eigenvalue weighted by Gasteiger charge is 2.24. The van der Waals surface area contributed by atoms with Gasteiger partial charge in [-0.3, -0.25) is 5.43 Å². The molecule has 0 spiro atoms. The maximum atomic E-state index is 3.75. The second kappa shape index (κ2) is 7.46. The van der Waals surface area contributed by atoms with Gasteiger partial charge in [-0.15, -0.1) is 0 Å². The van der Waals surface area contributed by atoms with Gasteiger partial charge in [0.25, 0.3) is 0 Å².